The SMILES string of the molecule is CC(C)(C)OC(=O)N1CCC2=CC(C(F)F)CC(O)=C2C1. The Morgan fingerprint density at radius 2 is 2.14 bits per heavy atom. The summed E-state index contributed by atoms with van der Waals surface area (Å²) < 4.78 is 30.9. The molecule has 0 aromatic carbocycles. The van der Waals surface area contributed by atoms with E-state index in [2.05, 4.69) is 0 Å². The summed E-state index contributed by atoms with van der Waals surface area (Å²) in [5.41, 5.74) is 0.726. The quantitative estimate of drug-likeness (QED) is 0.804. The number of hydrogen-bond acceptors (Lipinski definition) is 3. The highest BCUT2D eigenvalue weighted by Crippen LogP contribution is 2.35. The van der Waals surface area contributed by atoms with Crippen LogP contribution in [-0.4, -0.2) is 41.2 Å². The van der Waals surface area contributed by atoms with Gasteiger partial charge in [-0.15, -0.1) is 0 Å². The van der Waals surface area contributed by atoms with Gasteiger partial charge in [-0.25, -0.2) is 13.6 Å². The lowest BCUT2D eigenvalue weighted by Gasteiger charge is -2.35. The molecule has 1 fully saturated rings. The first-order valence-corrected chi connectivity index (χ1v) is 7.05. The molecule has 1 atom stereocenters. The smallest absolute Gasteiger partial charge is 0.410 e. The predicted octanol–water partition coefficient (Wildman–Crippen LogP) is 3.65. The molecule has 4 nitrogen and oxygen atoms in total. The molecule has 1 heterocycles. The van der Waals surface area contributed by atoms with Gasteiger partial charge in [0.05, 0.1) is 12.3 Å². The van der Waals surface area contributed by atoms with Crippen molar-refractivity contribution in [2.45, 2.75) is 45.6 Å². The fraction of sp³-hybridized carbons (Fsp3) is 0.667. The molecule has 1 N–H and O–H groups in total. The number of amides is 1. The van der Waals surface area contributed by atoms with E-state index in [4.69, 9.17) is 4.74 Å². The van der Waals surface area contributed by atoms with Crippen molar-refractivity contribution in [3.8, 4) is 0 Å². The number of fused-ring (bicyclic) bond motifs is 1. The van der Waals surface area contributed by atoms with Crippen LogP contribution in [0.1, 0.15) is 33.6 Å². The van der Waals surface area contributed by atoms with Crippen LogP contribution in [0.2, 0.25) is 0 Å². The van der Waals surface area contributed by atoms with Crippen molar-refractivity contribution in [3.05, 3.63) is 23.0 Å². The molecule has 0 aromatic rings. The number of likely N-dealkylation sites (tertiary alicyclic amines) is 1. The van der Waals surface area contributed by atoms with Gasteiger partial charge in [0.2, 0.25) is 6.43 Å². The maximum atomic E-state index is 12.8. The minimum absolute atomic E-state index is 0.0361. The van der Waals surface area contributed by atoms with Crippen molar-refractivity contribution >= 4 is 6.09 Å². The van der Waals surface area contributed by atoms with E-state index >= 15 is 0 Å². The molecule has 1 amide bonds. The summed E-state index contributed by atoms with van der Waals surface area (Å²) in [4.78, 5) is 13.5. The molecule has 2 rings (SSSR count). The number of piperidine rings is 1. The Hall–Kier alpha value is -1.59. The lowest BCUT2D eigenvalue weighted by atomic mass is 9.85. The van der Waals surface area contributed by atoms with E-state index in [1.165, 1.54) is 11.0 Å². The van der Waals surface area contributed by atoms with E-state index in [-0.39, 0.29) is 18.7 Å². The fourth-order valence-corrected chi connectivity index (χ4v) is 2.55. The predicted molar refractivity (Wildman–Crippen MR) is 74.3 cm³/mol. The Morgan fingerprint density at radius 3 is 2.71 bits per heavy atom. The van der Waals surface area contributed by atoms with E-state index < -0.39 is 24.0 Å². The third-order valence-corrected chi connectivity index (χ3v) is 3.56. The number of allylic oxidation sites excluding steroid dienone is 2. The Kier molecular flexibility index (Phi) is 4.25. The average molecular weight is 301 g/mol. The van der Waals surface area contributed by atoms with Gasteiger partial charge in [-0.05, 0) is 32.8 Å². The molecule has 1 aliphatic heterocycles. The minimum atomic E-state index is -2.48. The van der Waals surface area contributed by atoms with Crippen molar-refractivity contribution in [1.82, 2.24) is 4.90 Å². The van der Waals surface area contributed by atoms with Crippen molar-refractivity contribution < 1.29 is 23.4 Å². The monoisotopic (exact) mass is 301 g/mol. The zero-order valence-corrected chi connectivity index (χ0v) is 12.5. The van der Waals surface area contributed by atoms with Gasteiger partial charge in [-0.1, -0.05) is 6.08 Å². The summed E-state index contributed by atoms with van der Waals surface area (Å²) in [5.74, 6) is -0.970. The number of hydrogen-bond donors (Lipinski definition) is 1. The van der Waals surface area contributed by atoms with Crippen molar-refractivity contribution in [2.75, 3.05) is 13.1 Å². The third-order valence-electron chi connectivity index (χ3n) is 3.56. The highest BCUT2D eigenvalue weighted by Gasteiger charge is 2.33. The van der Waals surface area contributed by atoms with Crippen molar-refractivity contribution in [2.24, 2.45) is 5.92 Å². The number of alkyl halides is 2. The van der Waals surface area contributed by atoms with Crippen LogP contribution >= 0.6 is 0 Å². The lowest BCUT2D eigenvalue weighted by Crippen LogP contribution is -2.42. The highest BCUT2D eigenvalue weighted by atomic mass is 19.3. The zero-order chi connectivity index (χ0) is 15.8. The summed E-state index contributed by atoms with van der Waals surface area (Å²) in [6, 6.07) is 0. The van der Waals surface area contributed by atoms with E-state index in [1.807, 2.05) is 0 Å². The molecule has 0 bridgehead atoms. The van der Waals surface area contributed by atoms with Crippen LogP contribution in [0.5, 0.6) is 0 Å². The van der Waals surface area contributed by atoms with Crippen molar-refractivity contribution in [3.63, 3.8) is 0 Å². The number of halogens is 2. The Balaban J connectivity index is 2.09. The molecule has 0 radical (unpaired) electrons. The Labute approximate surface area is 123 Å². The second-order valence-electron chi connectivity index (χ2n) is 6.47. The number of rotatable bonds is 1. The standard InChI is InChI=1S/C15H21F2NO3/c1-15(2,3)21-14(20)18-5-4-9-6-10(13(16)17)7-12(19)11(9)8-18/h6,10,13,19H,4-5,7-8H2,1-3H3. The number of aliphatic hydroxyl groups is 1. The molecule has 118 valence electrons. The number of carbonyl (C=O) groups is 1. The largest absolute Gasteiger partial charge is 0.512 e. The van der Waals surface area contributed by atoms with Gasteiger partial charge in [-0.2, -0.15) is 0 Å². The van der Waals surface area contributed by atoms with Crippen LogP contribution in [0.3, 0.4) is 0 Å². The second-order valence-corrected chi connectivity index (χ2v) is 6.47. The lowest BCUT2D eigenvalue weighted by molar-refractivity contribution is 0.0253. The molecule has 0 spiro atoms. The zero-order valence-electron chi connectivity index (χ0n) is 12.5. The number of nitrogens with zero attached hydrogens (tertiary/aromatic N) is 1. The van der Waals surface area contributed by atoms with E-state index in [0.29, 0.717) is 18.5 Å². The maximum absolute atomic E-state index is 12.8. The molecular formula is C15H21F2NO3. The normalized spacial score (nSPS) is 23.0. The average Bonchev–Trinajstić information content (AvgIpc) is 2.36. The van der Waals surface area contributed by atoms with Gasteiger partial charge in [0, 0.05) is 24.5 Å². The summed E-state index contributed by atoms with van der Waals surface area (Å²) >= 11 is 0. The maximum Gasteiger partial charge on any atom is 0.410 e. The molecule has 2 aliphatic rings. The van der Waals surface area contributed by atoms with Gasteiger partial charge < -0.3 is 14.7 Å². The van der Waals surface area contributed by atoms with Crippen LogP contribution in [0.4, 0.5) is 13.6 Å². The van der Waals surface area contributed by atoms with Gasteiger partial charge in [0.15, 0.2) is 0 Å². The van der Waals surface area contributed by atoms with Crippen LogP contribution in [0.15, 0.2) is 23.0 Å². The summed E-state index contributed by atoms with van der Waals surface area (Å²) in [5, 5.41) is 9.98. The van der Waals surface area contributed by atoms with E-state index in [9.17, 15) is 18.7 Å². The summed E-state index contributed by atoms with van der Waals surface area (Å²) in [6.45, 7) is 5.97. The van der Waals surface area contributed by atoms with Crippen LogP contribution in [0.25, 0.3) is 0 Å². The Bertz CT molecular complexity index is 492. The van der Waals surface area contributed by atoms with Crippen LogP contribution in [0, 0.1) is 5.92 Å². The molecule has 1 unspecified atom stereocenters. The van der Waals surface area contributed by atoms with Gasteiger partial charge in [0.25, 0.3) is 0 Å². The molecule has 0 aromatic heterocycles. The van der Waals surface area contributed by atoms with Gasteiger partial charge >= 0.3 is 6.09 Å². The van der Waals surface area contributed by atoms with Gasteiger partial charge in [0.1, 0.15) is 5.60 Å². The third kappa shape index (κ3) is 3.74. The number of ether oxygens (including phenoxy) is 1. The van der Waals surface area contributed by atoms with E-state index in [1.54, 1.807) is 20.8 Å². The fourth-order valence-electron chi connectivity index (χ4n) is 2.55. The van der Waals surface area contributed by atoms with Crippen LogP contribution in [-0.2, 0) is 4.74 Å². The molecule has 1 saturated heterocycles. The minimum Gasteiger partial charge on any atom is -0.512 e. The summed E-state index contributed by atoms with van der Waals surface area (Å²) in [6.07, 6.45) is -1.00. The molecule has 21 heavy (non-hydrogen) atoms. The molecule has 6 heteroatoms. The first kappa shape index (κ1) is 15.8. The molecule has 0 saturated carbocycles. The first-order chi connectivity index (χ1) is 9.67. The summed E-state index contributed by atoms with van der Waals surface area (Å²) in [7, 11) is 0. The topological polar surface area (TPSA) is 49.8 Å². The van der Waals surface area contributed by atoms with Crippen molar-refractivity contribution in [1.29, 1.82) is 0 Å². The van der Waals surface area contributed by atoms with Crippen LogP contribution < -0.4 is 0 Å². The highest BCUT2D eigenvalue weighted by molar-refractivity contribution is 5.69. The molecular weight excluding hydrogens is 280 g/mol. The first-order valence-electron chi connectivity index (χ1n) is 7.05. The number of carbonyl (C=O) groups excluding carboxylic acids is 1. The second kappa shape index (κ2) is 5.66. The molecule has 1 aliphatic carbocycles. The Morgan fingerprint density at radius 1 is 1.48 bits per heavy atom. The van der Waals surface area contributed by atoms with E-state index in [0.717, 1.165) is 5.57 Å². The number of aliphatic hydroxyl groups excluding tert-OH is 1. The van der Waals surface area contributed by atoms with Gasteiger partial charge in [-0.3, -0.25) is 0 Å².